The summed E-state index contributed by atoms with van der Waals surface area (Å²) in [4.78, 5) is 22.3. The van der Waals surface area contributed by atoms with Crippen LogP contribution in [0.2, 0.25) is 0 Å². The predicted octanol–water partition coefficient (Wildman–Crippen LogP) is 3.28. The Morgan fingerprint density at radius 2 is 1.83 bits per heavy atom. The second-order valence-corrected chi connectivity index (χ2v) is 7.23. The highest BCUT2D eigenvalue weighted by Gasteiger charge is 2.23. The van der Waals surface area contributed by atoms with E-state index in [-0.39, 0.29) is 11.7 Å². The van der Waals surface area contributed by atoms with Crippen molar-refractivity contribution in [2.45, 2.75) is 38.0 Å². The van der Waals surface area contributed by atoms with Crippen molar-refractivity contribution in [1.82, 2.24) is 5.32 Å². The molecule has 0 spiro atoms. The van der Waals surface area contributed by atoms with Crippen LogP contribution in [0, 0.1) is 5.92 Å². The Morgan fingerprint density at radius 3 is 2.48 bits per heavy atom. The van der Waals surface area contributed by atoms with Crippen LogP contribution in [0.4, 0.5) is 0 Å². The second kappa shape index (κ2) is 9.60. The lowest BCUT2D eigenvalue weighted by molar-refractivity contribution is -0.133. The maximum absolute atomic E-state index is 11.9. The summed E-state index contributed by atoms with van der Waals surface area (Å²) >= 11 is 1.33. The van der Waals surface area contributed by atoms with Gasteiger partial charge in [0.25, 0.3) is 0 Å². The van der Waals surface area contributed by atoms with Crippen molar-refractivity contribution in [3.63, 3.8) is 0 Å². The maximum atomic E-state index is 11.9. The van der Waals surface area contributed by atoms with E-state index in [0.717, 1.165) is 25.7 Å². The molecule has 4 nitrogen and oxygen atoms in total. The Kier molecular flexibility index (Phi) is 7.46. The van der Waals surface area contributed by atoms with Crippen molar-refractivity contribution in [3.05, 3.63) is 35.9 Å². The fourth-order valence-corrected chi connectivity index (χ4v) is 3.75. The lowest BCUT2D eigenvalue weighted by Gasteiger charge is -2.28. The van der Waals surface area contributed by atoms with Gasteiger partial charge in [-0.1, -0.05) is 30.3 Å². The van der Waals surface area contributed by atoms with Gasteiger partial charge in [0, 0.05) is 18.7 Å². The molecule has 23 heavy (non-hydrogen) atoms. The zero-order chi connectivity index (χ0) is 16.5. The molecule has 0 radical (unpaired) electrons. The number of benzene rings is 1. The van der Waals surface area contributed by atoms with Crippen LogP contribution in [-0.2, 0) is 9.59 Å². The minimum atomic E-state index is -0.809. The molecule has 2 N–H and O–H groups in total. The number of nitrogens with one attached hydrogen (secondary N) is 1. The van der Waals surface area contributed by atoms with Crippen LogP contribution in [0.3, 0.4) is 0 Å². The molecule has 1 aromatic carbocycles. The first-order valence-corrected chi connectivity index (χ1v) is 9.42. The van der Waals surface area contributed by atoms with Crippen molar-refractivity contribution in [2.75, 3.05) is 18.1 Å². The van der Waals surface area contributed by atoms with Gasteiger partial charge in [0.05, 0.1) is 5.75 Å². The number of aliphatic carboxylic acids is 1. The molecule has 0 heterocycles. The largest absolute Gasteiger partial charge is 0.481 e. The van der Waals surface area contributed by atoms with Gasteiger partial charge in [-0.2, -0.15) is 0 Å². The third kappa shape index (κ3) is 6.65. The van der Waals surface area contributed by atoms with Crippen LogP contribution in [0.1, 0.15) is 43.6 Å². The minimum Gasteiger partial charge on any atom is -0.481 e. The van der Waals surface area contributed by atoms with E-state index in [1.165, 1.54) is 17.3 Å². The second-order valence-electron chi connectivity index (χ2n) is 6.13. The van der Waals surface area contributed by atoms with E-state index in [4.69, 9.17) is 5.11 Å². The van der Waals surface area contributed by atoms with E-state index in [1.807, 2.05) is 6.07 Å². The summed E-state index contributed by atoms with van der Waals surface area (Å²) < 4.78 is 0. The third-order valence-electron chi connectivity index (χ3n) is 4.39. The minimum absolute atomic E-state index is 0.0966. The van der Waals surface area contributed by atoms with Gasteiger partial charge in [-0.25, -0.2) is 0 Å². The van der Waals surface area contributed by atoms with Crippen molar-refractivity contribution in [1.29, 1.82) is 0 Å². The molecule has 1 amide bonds. The Bertz CT molecular complexity index is 498. The number of carbonyl (C=O) groups is 2. The number of carboxylic acids is 1. The zero-order valence-corrected chi connectivity index (χ0v) is 14.2. The average molecular weight is 335 g/mol. The van der Waals surface area contributed by atoms with E-state index >= 15 is 0 Å². The summed E-state index contributed by atoms with van der Waals surface area (Å²) in [5.74, 6) is 1.17. The Hall–Kier alpha value is -1.49. The van der Waals surface area contributed by atoms with Crippen molar-refractivity contribution in [2.24, 2.45) is 5.92 Å². The van der Waals surface area contributed by atoms with Gasteiger partial charge >= 0.3 is 5.97 Å². The number of rotatable bonds is 8. The van der Waals surface area contributed by atoms with E-state index in [9.17, 15) is 9.59 Å². The molecule has 1 aromatic rings. The van der Waals surface area contributed by atoms with Gasteiger partial charge in [0.2, 0.25) is 5.91 Å². The topological polar surface area (TPSA) is 66.4 Å². The van der Waals surface area contributed by atoms with E-state index < -0.39 is 5.97 Å². The molecule has 0 aromatic heterocycles. The smallest absolute Gasteiger partial charge is 0.313 e. The van der Waals surface area contributed by atoms with Gasteiger partial charge in [0.1, 0.15) is 0 Å². The van der Waals surface area contributed by atoms with Crippen LogP contribution in [0.15, 0.2) is 30.3 Å². The molecule has 0 aliphatic heterocycles. The van der Waals surface area contributed by atoms with Crippen molar-refractivity contribution >= 4 is 23.6 Å². The van der Waals surface area contributed by atoms with Gasteiger partial charge in [-0.05, 0) is 43.1 Å². The Labute approximate surface area is 142 Å². The van der Waals surface area contributed by atoms with Crippen LogP contribution in [-0.4, -0.2) is 35.0 Å². The number of hydrogen-bond acceptors (Lipinski definition) is 3. The summed E-state index contributed by atoms with van der Waals surface area (Å²) in [6.45, 7) is 0.552. The molecule has 0 saturated heterocycles. The molecular formula is C18H25NO3S. The van der Waals surface area contributed by atoms with Gasteiger partial charge < -0.3 is 10.4 Å². The monoisotopic (exact) mass is 335 g/mol. The fourth-order valence-electron chi connectivity index (χ4n) is 3.18. The molecule has 0 unspecified atom stereocenters. The SMILES string of the molecule is O=C(O)CSCCNC(=O)CC1CCC(c2ccccc2)CC1. The summed E-state index contributed by atoms with van der Waals surface area (Å²) in [6.07, 6.45) is 5.15. The van der Waals surface area contributed by atoms with Gasteiger partial charge in [-0.15, -0.1) is 11.8 Å². The lowest BCUT2D eigenvalue weighted by Crippen LogP contribution is -2.29. The van der Waals surface area contributed by atoms with Crippen molar-refractivity contribution in [3.8, 4) is 0 Å². The highest BCUT2D eigenvalue weighted by Crippen LogP contribution is 2.36. The first kappa shape index (κ1) is 17.9. The first-order chi connectivity index (χ1) is 11.1. The average Bonchev–Trinajstić information content (AvgIpc) is 2.56. The van der Waals surface area contributed by atoms with E-state index in [2.05, 4.69) is 29.6 Å². The molecule has 1 fully saturated rings. The highest BCUT2D eigenvalue weighted by molar-refractivity contribution is 7.99. The predicted molar refractivity (Wildman–Crippen MR) is 93.7 cm³/mol. The van der Waals surface area contributed by atoms with Gasteiger partial charge in [0.15, 0.2) is 0 Å². The number of thioether (sulfide) groups is 1. The van der Waals surface area contributed by atoms with Gasteiger partial charge in [-0.3, -0.25) is 9.59 Å². The number of amides is 1. The molecular weight excluding hydrogens is 310 g/mol. The molecule has 0 atom stereocenters. The van der Waals surface area contributed by atoms with E-state index in [1.54, 1.807) is 0 Å². The molecule has 1 aliphatic carbocycles. The van der Waals surface area contributed by atoms with Crippen LogP contribution in [0.5, 0.6) is 0 Å². The summed E-state index contributed by atoms with van der Waals surface area (Å²) in [7, 11) is 0. The normalized spacial score (nSPS) is 20.9. The quantitative estimate of drug-likeness (QED) is 0.716. The summed E-state index contributed by atoms with van der Waals surface area (Å²) in [5.41, 5.74) is 1.42. The zero-order valence-electron chi connectivity index (χ0n) is 13.4. The highest BCUT2D eigenvalue weighted by atomic mass is 32.2. The molecule has 1 aliphatic rings. The van der Waals surface area contributed by atoms with Crippen LogP contribution >= 0.6 is 11.8 Å². The first-order valence-electron chi connectivity index (χ1n) is 8.26. The molecule has 126 valence electrons. The molecule has 5 heteroatoms. The summed E-state index contributed by atoms with van der Waals surface area (Å²) in [6, 6.07) is 10.6. The fraction of sp³-hybridized carbons (Fsp3) is 0.556. The molecule has 2 rings (SSSR count). The standard InChI is InChI=1S/C18H25NO3S/c20-17(19-10-11-23-13-18(21)22)12-14-6-8-16(9-7-14)15-4-2-1-3-5-15/h1-5,14,16H,6-13H2,(H,19,20)(H,21,22). The van der Waals surface area contributed by atoms with Crippen molar-refractivity contribution < 1.29 is 14.7 Å². The molecule has 0 bridgehead atoms. The van der Waals surface area contributed by atoms with E-state index in [0.29, 0.717) is 30.6 Å². The summed E-state index contributed by atoms with van der Waals surface area (Å²) in [5, 5.41) is 11.4. The maximum Gasteiger partial charge on any atom is 0.313 e. The number of carbonyl (C=O) groups excluding carboxylic acids is 1. The van der Waals surface area contributed by atoms with Crippen LogP contribution in [0.25, 0.3) is 0 Å². The molecule has 1 saturated carbocycles. The number of hydrogen-bond donors (Lipinski definition) is 2. The lowest BCUT2D eigenvalue weighted by atomic mass is 9.77. The third-order valence-corrected chi connectivity index (χ3v) is 5.33. The number of carboxylic acid groups (broad SMARTS) is 1. The Balaban J connectivity index is 1.60. The van der Waals surface area contributed by atoms with Crippen LogP contribution < -0.4 is 5.32 Å². The Morgan fingerprint density at radius 1 is 1.13 bits per heavy atom.